The number of halogens is 1. The molecule has 2 N–H and O–H groups in total. The van der Waals surface area contributed by atoms with Crippen LogP contribution in [0, 0.1) is 6.92 Å². The molecular formula is C15H13BrN2O2. The van der Waals surface area contributed by atoms with Gasteiger partial charge in [0.25, 0.3) is 0 Å². The highest BCUT2D eigenvalue weighted by molar-refractivity contribution is 9.10. The molecule has 5 heteroatoms. The van der Waals surface area contributed by atoms with Crippen LogP contribution in [-0.2, 0) is 9.59 Å². The summed E-state index contributed by atoms with van der Waals surface area (Å²) in [5.41, 5.74) is 2.10. The van der Waals surface area contributed by atoms with Gasteiger partial charge in [0, 0.05) is 15.8 Å². The molecule has 0 atom stereocenters. The summed E-state index contributed by atoms with van der Waals surface area (Å²) in [5, 5.41) is 5.12. The van der Waals surface area contributed by atoms with E-state index in [2.05, 4.69) is 26.6 Å². The molecule has 0 saturated carbocycles. The van der Waals surface area contributed by atoms with Crippen LogP contribution in [0.25, 0.3) is 0 Å². The molecule has 0 aliphatic heterocycles. The summed E-state index contributed by atoms with van der Waals surface area (Å²) in [6.45, 7) is 1.86. The molecule has 0 aliphatic rings. The largest absolute Gasteiger partial charge is 0.318 e. The van der Waals surface area contributed by atoms with E-state index in [0.29, 0.717) is 11.4 Å². The van der Waals surface area contributed by atoms with Crippen LogP contribution in [0.3, 0.4) is 0 Å². The van der Waals surface area contributed by atoms with Gasteiger partial charge in [0.2, 0.25) is 0 Å². The molecule has 0 saturated heterocycles. The first-order valence-electron chi connectivity index (χ1n) is 6.00. The molecule has 2 aromatic carbocycles. The molecular weight excluding hydrogens is 320 g/mol. The molecule has 0 aromatic heterocycles. The average Bonchev–Trinajstić information content (AvgIpc) is 2.44. The predicted molar refractivity (Wildman–Crippen MR) is 82.6 cm³/mol. The van der Waals surface area contributed by atoms with Gasteiger partial charge < -0.3 is 10.6 Å². The second-order valence-corrected chi connectivity index (χ2v) is 5.15. The van der Waals surface area contributed by atoms with Crippen molar-refractivity contribution in [1.29, 1.82) is 0 Å². The minimum atomic E-state index is -0.699. The van der Waals surface area contributed by atoms with Gasteiger partial charge in [0.05, 0.1) is 0 Å². The van der Waals surface area contributed by atoms with Crippen LogP contribution in [0.15, 0.2) is 53.0 Å². The van der Waals surface area contributed by atoms with E-state index in [4.69, 9.17) is 0 Å². The van der Waals surface area contributed by atoms with Gasteiger partial charge in [-0.25, -0.2) is 0 Å². The lowest BCUT2D eigenvalue weighted by Gasteiger charge is -2.08. The molecule has 2 amide bonds. The van der Waals surface area contributed by atoms with Crippen molar-refractivity contribution in [3.05, 3.63) is 58.6 Å². The summed E-state index contributed by atoms with van der Waals surface area (Å²) in [6.07, 6.45) is 0. The zero-order valence-corrected chi connectivity index (χ0v) is 12.4. The van der Waals surface area contributed by atoms with Crippen LogP contribution in [0.2, 0.25) is 0 Å². The lowest BCUT2D eigenvalue weighted by molar-refractivity contribution is -0.133. The first-order valence-corrected chi connectivity index (χ1v) is 6.79. The van der Waals surface area contributed by atoms with Gasteiger partial charge in [-0.05, 0) is 42.8 Å². The van der Waals surface area contributed by atoms with Crippen LogP contribution in [-0.4, -0.2) is 11.8 Å². The van der Waals surface area contributed by atoms with Crippen LogP contribution < -0.4 is 10.6 Å². The highest BCUT2D eigenvalue weighted by atomic mass is 79.9. The molecule has 20 heavy (non-hydrogen) atoms. The monoisotopic (exact) mass is 332 g/mol. The fraction of sp³-hybridized carbons (Fsp3) is 0.0667. The van der Waals surface area contributed by atoms with Crippen molar-refractivity contribution in [3.63, 3.8) is 0 Å². The number of aryl methyl sites for hydroxylation is 1. The number of nitrogens with one attached hydrogen (secondary N) is 2. The fourth-order valence-corrected chi connectivity index (χ4v) is 1.88. The lowest BCUT2D eigenvalue weighted by Crippen LogP contribution is -2.29. The Morgan fingerprint density at radius 3 is 2.15 bits per heavy atom. The molecule has 0 aliphatic carbocycles. The third kappa shape index (κ3) is 3.68. The van der Waals surface area contributed by atoms with Crippen LogP contribution >= 0.6 is 15.9 Å². The van der Waals surface area contributed by atoms with Gasteiger partial charge in [-0.1, -0.05) is 34.1 Å². The Bertz CT molecular complexity index is 639. The number of anilines is 2. The summed E-state index contributed by atoms with van der Waals surface area (Å²) < 4.78 is 0.903. The molecule has 102 valence electrons. The smallest absolute Gasteiger partial charge is 0.314 e. The summed E-state index contributed by atoms with van der Waals surface area (Å²) in [7, 11) is 0. The topological polar surface area (TPSA) is 58.2 Å². The Labute approximate surface area is 125 Å². The van der Waals surface area contributed by atoms with E-state index in [9.17, 15) is 9.59 Å². The van der Waals surface area contributed by atoms with Gasteiger partial charge in [0.15, 0.2) is 0 Å². The van der Waals surface area contributed by atoms with Gasteiger partial charge >= 0.3 is 11.8 Å². The van der Waals surface area contributed by atoms with Crippen molar-refractivity contribution in [2.24, 2.45) is 0 Å². The molecule has 0 heterocycles. The normalized spacial score (nSPS) is 9.90. The van der Waals surface area contributed by atoms with E-state index >= 15 is 0 Å². The minimum absolute atomic E-state index is 0.568. The number of hydrogen-bond acceptors (Lipinski definition) is 2. The van der Waals surface area contributed by atoms with Gasteiger partial charge in [-0.3, -0.25) is 9.59 Å². The first kappa shape index (κ1) is 14.3. The van der Waals surface area contributed by atoms with Crippen molar-refractivity contribution < 1.29 is 9.59 Å². The quantitative estimate of drug-likeness (QED) is 0.828. The number of benzene rings is 2. The second-order valence-electron chi connectivity index (χ2n) is 4.23. The summed E-state index contributed by atoms with van der Waals surface area (Å²) in [5.74, 6) is -1.39. The molecule has 2 aromatic rings. The molecule has 0 fully saturated rings. The van der Waals surface area contributed by atoms with E-state index in [1.54, 1.807) is 36.4 Å². The highest BCUT2D eigenvalue weighted by Crippen LogP contribution is 2.15. The third-order valence-corrected chi connectivity index (χ3v) is 3.23. The maximum absolute atomic E-state index is 11.8. The zero-order valence-electron chi connectivity index (χ0n) is 10.8. The number of rotatable bonds is 2. The molecule has 0 spiro atoms. The number of amides is 2. The molecule has 2 rings (SSSR count). The fourth-order valence-electron chi connectivity index (χ4n) is 1.61. The molecule has 0 bridgehead atoms. The predicted octanol–water partition coefficient (Wildman–Crippen LogP) is 3.33. The van der Waals surface area contributed by atoms with Crippen molar-refractivity contribution in [1.82, 2.24) is 0 Å². The Morgan fingerprint density at radius 2 is 1.50 bits per heavy atom. The third-order valence-electron chi connectivity index (χ3n) is 2.70. The van der Waals surface area contributed by atoms with Crippen LogP contribution in [0.5, 0.6) is 0 Å². The molecule has 0 radical (unpaired) electrons. The van der Waals surface area contributed by atoms with Crippen molar-refractivity contribution in [2.45, 2.75) is 6.92 Å². The van der Waals surface area contributed by atoms with Crippen LogP contribution in [0.1, 0.15) is 5.56 Å². The molecule has 0 unspecified atom stereocenters. The Hall–Kier alpha value is -2.14. The Kier molecular flexibility index (Phi) is 4.53. The SMILES string of the molecule is Cc1ccccc1NC(=O)C(=O)Nc1ccc(Br)cc1. The van der Waals surface area contributed by atoms with Gasteiger partial charge in [-0.2, -0.15) is 0 Å². The second kappa shape index (κ2) is 6.34. The van der Waals surface area contributed by atoms with Gasteiger partial charge in [0.1, 0.15) is 0 Å². The number of para-hydroxylation sites is 1. The van der Waals surface area contributed by atoms with E-state index in [0.717, 1.165) is 10.0 Å². The van der Waals surface area contributed by atoms with Crippen molar-refractivity contribution >= 4 is 39.1 Å². The number of carbonyl (C=O) groups is 2. The summed E-state index contributed by atoms with van der Waals surface area (Å²) in [6, 6.07) is 14.3. The first-order chi connectivity index (χ1) is 9.56. The van der Waals surface area contributed by atoms with Crippen LogP contribution in [0.4, 0.5) is 11.4 Å². The molecule has 4 nitrogen and oxygen atoms in total. The van der Waals surface area contributed by atoms with Crippen molar-refractivity contribution in [3.8, 4) is 0 Å². The van der Waals surface area contributed by atoms with Gasteiger partial charge in [-0.15, -0.1) is 0 Å². The van der Waals surface area contributed by atoms with E-state index in [1.165, 1.54) is 0 Å². The standard InChI is InChI=1S/C15H13BrN2O2/c1-10-4-2-3-5-13(10)18-15(20)14(19)17-12-8-6-11(16)7-9-12/h2-9H,1H3,(H,17,19)(H,18,20). The highest BCUT2D eigenvalue weighted by Gasteiger charge is 2.14. The minimum Gasteiger partial charge on any atom is -0.318 e. The number of hydrogen-bond donors (Lipinski definition) is 2. The van der Waals surface area contributed by atoms with E-state index in [1.807, 2.05) is 19.1 Å². The Balaban J connectivity index is 2.01. The Morgan fingerprint density at radius 1 is 0.900 bits per heavy atom. The zero-order chi connectivity index (χ0) is 14.5. The maximum atomic E-state index is 11.8. The average molecular weight is 333 g/mol. The summed E-state index contributed by atoms with van der Waals surface area (Å²) >= 11 is 3.30. The van der Waals surface area contributed by atoms with Crippen molar-refractivity contribution in [2.75, 3.05) is 10.6 Å². The lowest BCUT2D eigenvalue weighted by atomic mass is 10.2. The van der Waals surface area contributed by atoms with E-state index in [-0.39, 0.29) is 0 Å². The number of carbonyl (C=O) groups excluding carboxylic acids is 2. The summed E-state index contributed by atoms with van der Waals surface area (Å²) in [4.78, 5) is 23.6. The maximum Gasteiger partial charge on any atom is 0.314 e. The van der Waals surface area contributed by atoms with E-state index < -0.39 is 11.8 Å².